The Bertz CT molecular complexity index is 987. The number of amides is 4. The van der Waals surface area contributed by atoms with Crippen molar-refractivity contribution in [1.82, 2.24) is 10.2 Å². The van der Waals surface area contributed by atoms with Crippen LogP contribution in [-0.4, -0.2) is 29.3 Å². The Morgan fingerprint density at radius 2 is 1.96 bits per heavy atom. The molecule has 1 fully saturated rings. The molecule has 0 bridgehead atoms. The van der Waals surface area contributed by atoms with Crippen LogP contribution in [-0.2, 0) is 15.1 Å². The molecule has 7 nitrogen and oxygen atoms in total. The number of halogens is 1. The molecule has 142 valence electrons. The lowest BCUT2D eigenvalue weighted by Gasteiger charge is -2.25. The van der Waals surface area contributed by atoms with E-state index in [0.717, 1.165) is 4.90 Å². The number of nitrogens with one attached hydrogen (secondary N) is 2. The van der Waals surface area contributed by atoms with Crippen LogP contribution in [0.15, 0.2) is 48.5 Å². The molecule has 1 saturated heterocycles. The standard InChI is InChI=1S/C20H17ClN4O3/c1-2-20(14-6-4-3-5-7-14)18(27)25(19(28)24-20)12-17(26)23-16-10-15(21)9-8-13(16)11-22/h3-10H,2,12H2,1H3,(H,23,26)(H,24,28). The number of carbonyl (C=O) groups excluding carboxylic acids is 3. The molecule has 1 heterocycles. The normalized spacial score (nSPS) is 18.5. The molecule has 0 radical (unpaired) electrons. The highest BCUT2D eigenvalue weighted by Crippen LogP contribution is 2.32. The second-order valence-electron chi connectivity index (χ2n) is 6.30. The van der Waals surface area contributed by atoms with Gasteiger partial charge in [0.15, 0.2) is 0 Å². The summed E-state index contributed by atoms with van der Waals surface area (Å²) in [4.78, 5) is 38.8. The van der Waals surface area contributed by atoms with Crippen LogP contribution in [0.5, 0.6) is 0 Å². The maximum Gasteiger partial charge on any atom is 0.325 e. The van der Waals surface area contributed by atoms with Crippen molar-refractivity contribution >= 4 is 35.1 Å². The van der Waals surface area contributed by atoms with Gasteiger partial charge in [0, 0.05) is 5.02 Å². The van der Waals surface area contributed by atoms with Crippen LogP contribution in [0.1, 0.15) is 24.5 Å². The molecule has 3 rings (SSSR count). The van der Waals surface area contributed by atoms with Gasteiger partial charge in [-0.05, 0) is 30.2 Å². The molecule has 4 amide bonds. The second-order valence-corrected chi connectivity index (χ2v) is 6.73. The third-order valence-corrected chi connectivity index (χ3v) is 4.89. The van der Waals surface area contributed by atoms with Crippen LogP contribution < -0.4 is 10.6 Å². The smallest absolute Gasteiger partial charge is 0.323 e. The van der Waals surface area contributed by atoms with Crippen molar-refractivity contribution < 1.29 is 14.4 Å². The van der Waals surface area contributed by atoms with E-state index in [4.69, 9.17) is 16.9 Å². The summed E-state index contributed by atoms with van der Waals surface area (Å²) in [6.07, 6.45) is 0.340. The Morgan fingerprint density at radius 3 is 2.61 bits per heavy atom. The molecule has 0 saturated carbocycles. The number of urea groups is 1. The first-order valence-electron chi connectivity index (χ1n) is 8.60. The van der Waals surface area contributed by atoms with E-state index in [1.165, 1.54) is 18.2 Å². The van der Waals surface area contributed by atoms with Crippen LogP contribution in [0.25, 0.3) is 0 Å². The number of hydrogen-bond acceptors (Lipinski definition) is 4. The Hall–Kier alpha value is -3.37. The van der Waals surface area contributed by atoms with Gasteiger partial charge in [0.25, 0.3) is 5.91 Å². The number of nitriles is 1. The molecule has 2 N–H and O–H groups in total. The highest BCUT2D eigenvalue weighted by atomic mass is 35.5. The van der Waals surface area contributed by atoms with Crippen molar-refractivity contribution in [3.63, 3.8) is 0 Å². The first kappa shape index (κ1) is 19.4. The largest absolute Gasteiger partial charge is 0.325 e. The van der Waals surface area contributed by atoms with Gasteiger partial charge in [-0.1, -0.05) is 48.9 Å². The van der Waals surface area contributed by atoms with E-state index in [2.05, 4.69) is 10.6 Å². The summed E-state index contributed by atoms with van der Waals surface area (Å²) < 4.78 is 0. The topological polar surface area (TPSA) is 102 Å². The van der Waals surface area contributed by atoms with E-state index in [0.29, 0.717) is 17.0 Å². The zero-order valence-electron chi connectivity index (χ0n) is 15.0. The molecule has 0 aromatic heterocycles. The third kappa shape index (κ3) is 3.42. The van der Waals surface area contributed by atoms with E-state index < -0.39 is 29.9 Å². The quantitative estimate of drug-likeness (QED) is 0.758. The number of imide groups is 1. The average molecular weight is 397 g/mol. The van der Waals surface area contributed by atoms with Crippen molar-refractivity contribution in [3.05, 3.63) is 64.7 Å². The lowest BCUT2D eigenvalue weighted by molar-refractivity contribution is -0.134. The molecule has 28 heavy (non-hydrogen) atoms. The number of carbonyl (C=O) groups is 3. The van der Waals surface area contributed by atoms with Gasteiger partial charge in [0.1, 0.15) is 18.2 Å². The zero-order chi connectivity index (χ0) is 20.3. The minimum atomic E-state index is -1.20. The van der Waals surface area contributed by atoms with Crippen molar-refractivity contribution in [2.75, 3.05) is 11.9 Å². The van der Waals surface area contributed by atoms with E-state index in [1.807, 2.05) is 12.1 Å². The minimum absolute atomic E-state index is 0.219. The van der Waals surface area contributed by atoms with Crippen molar-refractivity contribution in [3.8, 4) is 6.07 Å². The van der Waals surface area contributed by atoms with Crippen LogP contribution in [0.3, 0.4) is 0 Å². The summed E-state index contributed by atoms with van der Waals surface area (Å²) in [5, 5.41) is 14.7. The van der Waals surface area contributed by atoms with E-state index >= 15 is 0 Å². The first-order valence-corrected chi connectivity index (χ1v) is 8.98. The second kappa shape index (κ2) is 7.71. The van der Waals surface area contributed by atoms with Gasteiger partial charge in [0.05, 0.1) is 11.3 Å². The minimum Gasteiger partial charge on any atom is -0.323 e. The molecule has 8 heteroatoms. The number of benzene rings is 2. The van der Waals surface area contributed by atoms with Gasteiger partial charge in [-0.25, -0.2) is 4.79 Å². The molecule has 0 spiro atoms. The van der Waals surface area contributed by atoms with Crippen LogP contribution in [0.4, 0.5) is 10.5 Å². The van der Waals surface area contributed by atoms with Crippen molar-refractivity contribution in [2.45, 2.75) is 18.9 Å². The summed E-state index contributed by atoms with van der Waals surface area (Å²) in [5.41, 5.74) is -0.105. The monoisotopic (exact) mass is 396 g/mol. The fourth-order valence-corrected chi connectivity index (χ4v) is 3.35. The lowest BCUT2D eigenvalue weighted by Crippen LogP contribution is -2.44. The molecule has 1 aliphatic heterocycles. The summed E-state index contributed by atoms with van der Waals surface area (Å²) in [7, 11) is 0. The fraction of sp³-hybridized carbons (Fsp3) is 0.200. The van der Waals surface area contributed by atoms with Crippen molar-refractivity contribution in [2.24, 2.45) is 0 Å². The SMILES string of the molecule is CCC1(c2ccccc2)NC(=O)N(CC(=O)Nc2cc(Cl)ccc2C#N)C1=O. The third-order valence-electron chi connectivity index (χ3n) is 4.65. The number of anilines is 1. The molecule has 1 atom stereocenters. The van der Waals surface area contributed by atoms with Crippen LogP contribution in [0.2, 0.25) is 5.02 Å². The first-order chi connectivity index (χ1) is 13.4. The molecule has 1 aliphatic rings. The maximum absolute atomic E-state index is 13.0. The highest BCUT2D eigenvalue weighted by molar-refractivity contribution is 6.31. The Labute approximate surface area is 166 Å². The van der Waals surface area contributed by atoms with Gasteiger partial charge in [0.2, 0.25) is 5.91 Å². The van der Waals surface area contributed by atoms with Gasteiger partial charge >= 0.3 is 6.03 Å². The molecule has 2 aromatic carbocycles. The number of hydrogen-bond donors (Lipinski definition) is 2. The lowest BCUT2D eigenvalue weighted by atomic mass is 9.87. The Kier molecular flexibility index (Phi) is 5.34. The molecule has 1 unspecified atom stereocenters. The summed E-state index contributed by atoms with van der Waals surface area (Å²) in [6, 6.07) is 14.7. The van der Waals surface area contributed by atoms with Gasteiger partial charge < -0.3 is 10.6 Å². The van der Waals surface area contributed by atoms with E-state index in [1.54, 1.807) is 31.2 Å². The van der Waals surface area contributed by atoms with Crippen molar-refractivity contribution in [1.29, 1.82) is 5.26 Å². The zero-order valence-corrected chi connectivity index (χ0v) is 15.8. The van der Waals surface area contributed by atoms with Crippen LogP contribution in [0, 0.1) is 11.3 Å². The van der Waals surface area contributed by atoms with Crippen LogP contribution >= 0.6 is 11.6 Å². The highest BCUT2D eigenvalue weighted by Gasteiger charge is 2.51. The van der Waals surface area contributed by atoms with E-state index in [9.17, 15) is 14.4 Å². The fourth-order valence-electron chi connectivity index (χ4n) is 3.18. The Balaban J connectivity index is 1.81. The summed E-state index contributed by atoms with van der Waals surface area (Å²) in [6.45, 7) is 1.32. The van der Waals surface area contributed by atoms with Gasteiger partial charge in [-0.3, -0.25) is 14.5 Å². The summed E-state index contributed by atoms with van der Waals surface area (Å²) >= 11 is 5.91. The van der Waals surface area contributed by atoms with E-state index in [-0.39, 0.29) is 11.3 Å². The number of nitrogens with zero attached hydrogens (tertiary/aromatic N) is 2. The predicted octanol–water partition coefficient (Wildman–Crippen LogP) is 3.01. The summed E-state index contributed by atoms with van der Waals surface area (Å²) in [5.74, 6) is -1.10. The maximum atomic E-state index is 13.0. The average Bonchev–Trinajstić information content (AvgIpc) is 2.94. The molecular formula is C20H17ClN4O3. The number of rotatable bonds is 5. The molecule has 2 aromatic rings. The van der Waals surface area contributed by atoms with Gasteiger partial charge in [-0.15, -0.1) is 0 Å². The predicted molar refractivity (Wildman–Crippen MR) is 103 cm³/mol. The Morgan fingerprint density at radius 1 is 1.25 bits per heavy atom. The molecule has 0 aliphatic carbocycles. The molecular weight excluding hydrogens is 380 g/mol. The van der Waals surface area contributed by atoms with Gasteiger partial charge in [-0.2, -0.15) is 5.26 Å².